The highest BCUT2D eigenvalue weighted by atomic mass is 32.2. The van der Waals surface area contributed by atoms with E-state index in [9.17, 15) is 4.21 Å². The molecule has 6 nitrogen and oxygen atoms in total. The molecule has 2 aromatic heterocycles. The Kier molecular flexibility index (Phi) is 4.10. The van der Waals surface area contributed by atoms with E-state index >= 15 is 0 Å². The zero-order valence-electron chi connectivity index (χ0n) is 11.6. The molecule has 2 rings (SSSR count). The van der Waals surface area contributed by atoms with Crippen molar-refractivity contribution in [3.63, 3.8) is 0 Å². The lowest BCUT2D eigenvalue weighted by Gasteiger charge is -2.09. The van der Waals surface area contributed by atoms with Crippen LogP contribution in [-0.2, 0) is 9.73 Å². The van der Waals surface area contributed by atoms with Crippen LogP contribution in [0.1, 0.15) is 18.7 Å². The Balaban J connectivity index is 2.44. The van der Waals surface area contributed by atoms with Gasteiger partial charge in [-0.1, -0.05) is 0 Å². The fourth-order valence-corrected chi connectivity index (χ4v) is 2.33. The molecule has 2 heterocycles. The molecule has 0 saturated carbocycles. The van der Waals surface area contributed by atoms with Crippen LogP contribution in [0.5, 0.6) is 0 Å². The molecule has 0 aromatic carbocycles. The number of hydrogen-bond acceptors (Lipinski definition) is 6. The smallest absolute Gasteiger partial charge is 0.112 e. The summed E-state index contributed by atoms with van der Waals surface area (Å²) >= 11 is 0. The molecule has 0 amide bonds. The van der Waals surface area contributed by atoms with Gasteiger partial charge in [0.05, 0.1) is 23.3 Å². The molecule has 106 valence electrons. The molecule has 0 unspecified atom stereocenters. The van der Waals surface area contributed by atoms with Crippen molar-refractivity contribution in [3.8, 4) is 11.4 Å². The summed E-state index contributed by atoms with van der Waals surface area (Å²) in [5.41, 5.74) is 8.48. The van der Waals surface area contributed by atoms with Crippen molar-refractivity contribution in [1.82, 2.24) is 15.0 Å². The summed E-state index contributed by atoms with van der Waals surface area (Å²) in [5.74, 6) is 0. The van der Waals surface area contributed by atoms with Gasteiger partial charge in [-0.25, -0.2) is 4.21 Å². The molecular formula is C13H17N5OS. The molecule has 7 heteroatoms. The minimum absolute atomic E-state index is 0.227. The lowest BCUT2D eigenvalue weighted by atomic mass is 10.1. The zero-order valence-corrected chi connectivity index (χ0v) is 12.5. The molecule has 20 heavy (non-hydrogen) atoms. The normalized spacial score (nSPS) is 13.0. The van der Waals surface area contributed by atoms with Gasteiger partial charge in [-0.15, -0.1) is 0 Å². The minimum atomic E-state index is -2.19. The van der Waals surface area contributed by atoms with Crippen molar-refractivity contribution < 1.29 is 4.21 Å². The average molecular weight is 291 g/mol. The standard InChI is InChI=1S/C13H17N5OS/c1-9(14)12-13(16-7-6-15-12)11-5-4-10(8-17-11)18-20(2,3)19/h4-9H,14H2,1-3H3/t9-/m0/s1. The van der Waals surface area contributed by atoms with Crippen LogP contribution in [0.4, 0.5) is 5.69 Å². The van der Waals surface area contributed by atoms with Crippen LogP contribution in [0.3, 0.4) is 0 Å². The Bertz CT molecular complexity index is 710. The van der Waals surface area contributed by atoms with Gasteiger partial charge in [0.15, 0.2) is 0 Å². The predicted octanol–water partition coefficient (Wildman–Crippen LogP) is 1.92. The van der Waals surface area contributed by atoms with E-state index in [0.29, 0.717) is 22.8 Å². The average Bonchev–Trinajstić information content (AvgIpc) is 2.38. The number of nitrogens with two attached hydrogens (primary N) is 1. The molecule has 0 radical (unpaired) electrons. The largest absolute Gasteiger partial charge is 0.323 e. The maximum absolute atomic E-state index is 11.6. The van der Waals surface area contributed by atoms with Gasteiger partial charge in [0.2, 0.25) is 0 Å². The van der Waals surface area contributed by atoms with Gasteiger partial charge in [0.1, 0.15) is 5.69 Å². The lowest BCUT2D eigenvalue weighted by Crippen LogP contribution is -2.10. The summed E-state index contributed by atoms with van der Waals surface area (Å²) in [6, 6.07) is 3.31. The topological polar surface area (TPSA) is 94.1 Å². The van der Waals surface area contributed by atoms with Crippen LogP contribution in [-0.4, -0.2) is 31.7 Å². The summed E-state index contributed by atoms with van der Waals surface area (Å²) in [6.45, 7) is 1.85. The fraction of sp³-hybridized carbons (Fsp3) is 0.308. The Morgan fingerprint density at radius 3 is 2.45 bits per heavy atom. The Morgan fingerprint density at radius 1 is 1.20 bits per heavy atom. The molecule has 0 saturated heterocycles. The van der Waals surface area contributed by atoms with Crippen LogP contribution < -0.4 is 5.73 Å². The van der Waals surface area contributed by atoms with Gasteiger partial charge in [0, 0.05) is 40.7 Å². The number of rotatable bonds is 3. The molecule has 0 fully saturated rings. The first-order valence-electron chi connectivity index (χ1n) is 6.07. The Hall–Kier alpha value is -1.86. The monoisotopic (exact) mass is 291 g/mol. The highest BCUT2D eigenvalue weighted by Crippen LogP contribution is 2.23. The maximum atomic E-state index is 11.6. The number of hydrogen-bond donors (Lipinski definition) is 1. The van der Waals surface area contributed by atoms with E-state index in [0.717, 1.165) is 0 Å². The van der Waals surface area contributed by atoms with Gasteiger partial charge in [0.25, 0.3) is 0 Å². The molecule has 0 aliphatic carbocycles. The number of aromatic nitrogens is 3. The maximum Gasteiger partial charge on any atom is 0.112 e. The molecule has 0 spiro atoms. The second-order valence-corrected chi connectivity index (χ2v) is 7.30. The van der Waals surface area contributed by atoms with Gasteiger partial charge in [-0.05, 0) is 19.1 Å². The van der Waals surface area contributed by atoms with Crippen LogP contribution in [0.2, 0.25) is 0 Å². The fourth-order valence-electron chi connectivity index (χ4n) is 1.71. The number of nitrogens with zero attached hydrogens (tertiary/aromatic N) is 4. The van der Waals surface area contributed by atoms with Gasteiger partial charge < -0.3 is 5.73 Å². The molecule has 0 bridgehead atoms. The first-order valence-corrected chi connectivity index (χ1v) is 8.40. The third-order valence-corrected chi connectivity index (χ3v) is 3.12. The Labute approximate surface area is 118 Å². The zero-order chi connectivity index (χ0) is 14.8. The van der Waals surface area contributed by atoms with E-state index in [1.807, 2.05) is 6.92 Å². The van der Waals surface area contributed by atoms with E-state index in [1.165, 1.54) is 0 Å². The summed E-state index contributed by atoms with van der Waals surface area (Å²) < 4.78 is 15.7. The number of pyridine rings is 1. The van der Waals surface area contributed by atoms with Crippen LogP contribution in [0.25, 0.3) is 11.4 Å². The molecule has 1 atom stereocenters. The lowest BCUT2D eigenvalue weighted by molar-refractivity contribution is 0.684. The van der Waals surface area contributed by atoms with Gasteiger partial charge >= 0.3 is 0 Å². The van der Waals surface area contributed by atoms with Crippen LogP contribution in [0, 0.1) is 0 Å². The van der Waals surface area contributed by atoms with Crippen molar-refractivity contribution >= 4 is 15.4 Å². The molecular weight excluding hydrogens is 274 g/mol. The van der Waals surface area contributed by atoms with E-state index < -0.39 is 9.73 Å². The van der Waals surface area contributed by atoms with Gasteiger partial charge in [-0.2, -0.15) is 4.36 Å². The third-order valence-electron chi connectivity index (χ3n) is 2.47. The SMILES string of the molecule is C[C@H](N)c1nccnc1-c1ccc(N=S(C)(C)=O)cn1. The van der Waals surface area contributed by atoms with E-state index in [1.54, 1.807) is 43.2 Å². The quantitative estimate of drug-likeness (QED) is 0.932. The third kappa shape index (κ3) is 3.58. The van der Waals surface area contributed by atoms with E-state index in [2.05, 4.69) is 19.3 Å². The second kappa shape index (κ2) is 5.64. The molecule has 0 aliphatic heterocycles. The van der Waals surface area contributed by atoms with Crippen molar-refractivity contribution in [1.29, 1.82) is 0 Å². The molecule has 2 N–H and O–H groups in total. The van der Waals surface area contributed by atoms with Crippen LogP contribution in [0.15, 0.2) is 35.1 Å². The van der Waals surface area contributed by atoms with E-state index in [-0.39, 0.29) is 6.04 Å². The van der Waals surface area contributed by atoms with Crippen molar-refractivity contribution in [2.75, 3.05) is 12.5 Å². The van der Waals surface area contributed by atoms with E-state index in [4.69, 9.17) is 5.73 Å². The summed E-state index contributed by atoms with van der Waals surface area (Å²) in [7, 11) is -2.19. The van der Waals surface area contributed by atoms with Crippen molar-refractivity contribution in [3.05, 3.63) is 36.4 Å². The minimum Gasteiger partial charge on any atom is -0.323 e. The van der Waals surface area contributed by atoms with Gasteiger partial charge in [-0.3, -0.25) is 15.0 Å². The highest BCUT2D eigenvalue weighted by molar-refractivity contribution is 7.92. The van der Waals surface area contributed by atoms with Crippen molar-refractivity contribution in [2.45, 2.75) is 13.0 Å². The first kappa shape index (κ1) is 14.5. The molecule has 2 aromatic rings. The Morgan fingerprint density at radius 2 is 1.90 bits per heavy atom. The summed E-state index contributed by atoms with van der Waals surface area (Å²) in [5, 5.41) is 0. The van der Waals surface area contributed by atoms with Crippen LogP contribution >= 0.6 is 0 Å². The second-order valence-electron chi connectivity index (χ2n) is 4.75. The summed E-state index contributed by atoms with van der Waals surface area (Å²) in [4.78, 5) is 12.8. The first-order chi connectivity index (χ1) is 9.37. The summed E-state index contributed by atoms with van der Waals surface area (Å²) in [6.07, 6.45) is 7.94. The molecule has 0 aliphatic rings. The van der Waals surface area contributed by atoms with Crippen molar-refractivity contribution in [2.24, 2.45) is 10.1 Å². The predicted molar refractivity (Wildman–Crippen MR) is 79.9 cm³/mol. The highest BCUT2D eigenvalue weighted by Gasteiger charge is 2.12.